The summed E-state index contributed by atoms with van der Waals surface area (Å²) in [4.78, 5) is 10.5. The van der Waals surface area contributed by atoms with Crippen molar-refractivity contribution in [2.45, 2.75) is 32.7 Å². The number of nitrogens with zero attached hydrogens (tertiary/aromatic N) is 3. The molecule has 1 fully saturated rings. The van der Waals surface area contributed by atoms with Gasteiger partial charge in [0.05, 0.1) is 10.3 Å². The van der Waals surface area contributed by atoms with Gasteiger partial charge in [-0.25, -0.2) is 0 Å². The lowest BCUT2D eigenvalue weighted by molar-refractivity contribution is 0.187. The van der Waals surface area contributed by atoms with Gasteiger partial charge in [-0.2, -0.15) is 0 Å². The van der Waals surface area contributed by atoms with E-state index in [0.717, 1.165) is 25.0 Å². The van der Waals surface area contributed by atoms with Crippen molar-refractivity contribution in [1.29, 1.82) is 0 Å². The predicted octanol–water partition coefficient (Wildman–Crippen LogP) is 3.64. The smallest absolute Gasteiger partial charge is 0.193 e. The van der Waals surface area contributed by atoms with Crippen LogP contribution >= 0.6 is 27.3 Å². The van der Waals surface area contributed by atoms with E-state index in [1.165, 1.54) is 47.6 Å². The molecule has 0 saturated carbocycles. The minimum Gasteiger partial charge on any atom is -0.356 e. The SMILES string of the molecule is CCN1CCC(CCNC(=NC)N(C)Cc2ccc(Br)s2)CC1. The number of thiophene rings is 1. The third-order valence-electron chi connectivity index (χ3n) is 4.59. The lowest BCUT2D eigenvalue weighted by Crippen LogP contribution is -2.40. The average Bonchev–Trinajstić information content (AvgIpc) is 2.97. The van der Waals surface area contributed by atoms with Gasteiger partial charge in [-0.05, 0) is 72.9 Å². The molecule has 4 nitrogen and oxygen atoms in total. The van der Waals surface area contributed by atoms with E-state index in [1.807, 2.05) is 7.05 Å². The number of halogens is 1. The Kier molecular flexibility index (Phi) is 7.86. The molecule has 0 unspecified atom stereocenters. The zero-order chi connectivity index (χ0) is 16.7. The second-order valence-electron chi connectivity index (χ2n) is 6.20. The van der Waals surface area contributed by atoms with Gasteiger partial charge in [0.2, 0.25) is 0 Å². The molecule has 2 heterocycles. The van der Waals surface area contributed by atoms with Crippen LogP contribution in [0.25, 0.3) is 0 Å². The maximum atomic E-state index is 4.42. The molecule has 0 atom stereocenters. The summed E-state index contributed by atoms with van der Waals surface area (Å²) in [5, 5.41) is 3.52. The molecule has 1 aromatic heterocycles. The van der Waals surface area contributed by atoms with E-state index in [4.69, 9.17) is 0 Å². The highest BCUT2D eigenvalue weighted by molar-refractivity contribution is 9.11. The molecule has 0 bridgehead atoms. The van der Waals surface area contributed by atoms with Gasteiger partial charge in [-0.15, -0.1) is 11.3 Å². The van der Waals surface area contributed by atoms with Crippen LogP contribution in [0.1, 0.15) is 31.1 Å². The summed E-state index contributed by atoms with van der Waals surface area (Å²) in [7, 11) is 3.96. The van der Waals surface area contributed by atoms with E-state index in [1.54, 1.807) is 11.3 Å². The number of likely N-dealkylation sites (tertiary alicyclic amines) is 1. The minimum absolute atomic E-state index is 0.863. The summed E-state index contributed by atoms with van der Waals surface area (Å²) in [6, 6.07) is 4.27. The number of guanidine groups is 1. The van der Waals surface area contributed by atoms with Crippen molar-refractivity contribution < 1.29 is 0 Å². The van der Waals surface area contributed by atoms with Gasteiger partial charge < -0.3 is 15.1 Å². The summed E-state index contributed by atoms with van der Waals surface area (Å²) >= 11 is 5.30. The molecule has 0 aliphatic carbocycles. The third-order valence-corrected chi connectivity index (χ3v) is 6.19. The van der Waals surface area contributed by atoms with Crippen LogP contribution in [0.4, 0.5) is 0 Å². The zero-order valence-electron chi connectivity index (χ0n) is 14.5. The number of aliphatic imine (C=N–C) groups is 1. The highest BCUT2D eigenvalue weighted by Gasteiger charge is 2.18. The van der Waals surface area contributed by atoms with Crippen LogP contribution in [0.3, 0.4) is 0 Å². The minimum atomic E-state index is 0.863. The predicted molar refractivity (Wildman–Crippen MR) is 104 cm³/mol. The lowest BCUT2D eigenvalue weighted by atomic mass is 9.93. The van der Waals surface area contributed by atoms with Crippen LogP contribution in [0.2, 0.25) is 0 Å². The standard InChI is InChI=1S/C17H29BrN4S/c1-4-22-11-8-14(9-12-22)7-10-20-17(19-2)21(3)13-15-5-6-16(18)23-15/h5-6,14H,4,7-13H2,1-3H3,(H,19,20). The van der Waals surface area contributed by atoms with Crippen LogP contribution in [-0.4, -0.2) is 56.0 Å². The van der Waals surface area contributed by atoms with E-state index < -0.39 is 0 Å². The molecule has 0 aromatic carbocycles. The van der Waals surface area contributed by atoms with Crippen LogP contribution < -0.4 is 5.32 Å². The number of nitrogens with one attached hydrogen (secondary N) is 1. The molecule has 130 valence electrons. The Hall–Kier alpha value is -0.590. The first-order valence-corrected chi connectivity index (χ1v) is 10.1. The van der Waals surface area contributed by atoms with Crippen LogP contribution in [-0.2, 0) is 6.54 Å². The van der Waals surface area contributed by atoms with E-state index in [9.17, 15) is 0 Å². The maximum absolute atomic E-state index is 4.42. The zero-order valence-corrected chi connectivity index (χ0v) is 16.9. The molecule has 0 amide bonds. The van der Waals surface area contributed by atoms with Gasteiger partial charge in [0, 0.05) is 25.5 Å². The Labute approximate surface area is 153 Å². The molecule has 6 heteroatoms. The van der Waals surface area contributed by atoms with E-state index in [2.05, 4.69) is 62.1 Å². The van der Waals surface area contributed by atoms with Gasteiger partial charge in [0.1, 0.15) is 0 Å². The monoisotopic (exact) mass is 400 g/mol. The van der Waals surface area contributed by atoms with Crippen molar-refractivity contribution in [2.24, 2.45) is 10.9 Å². The third kappa shape index (κ3) is 6.08. The van der Waals surface area contributed by atoms with E-state index in [0.29, 0.717) is 0 Å². The quantitative estimate of drug-likeness (QED) is 0.583. The summed E-state index contributed by atoms with van der Waals surface area (Å²) in [6.07, 6.45) is 3.93. The first kappa shape index (κ1) is 18.7. The molecule has 23 heavy (non-hydrogen) atoms. The first-order chi connectivity index (χ1) is 11.1. The van der Waals surface area contributed by atoms with Crippen molar-refractivity contribution in [2.75, 3.05) is 40.3 Å². The highest BCUT2D eigenvalue weighted by Crippen LogP contribution is 2.23. The Bertz CT molecular complexity index is 495. The number of hydrogen-bond acceptors (Lipinski definition) is 3. The molecule has 1 aliphatic rings. The second-order valence-corrected chi connectivity index (χ2v) is 8.75. The largest absolute Gasteiger partial charge is 0.356 e. The Morgan fingerprint density at radius 3 is 2.74 bits per heavy atom. The summed E-state index contributed by atoms with van der Waals surface area (Å²) < 4.78 is 1.18. The number of piperidine rings is 1. The molecule has 1 aromatic rings. The van der Waals surface area contributed by atoms with Gasteiger partial charge in [-0.3, -0.25) is 4.99 Å². The fraction of sp³-hybridized carbons (Fsp3) is 0.706. The fourth-order valence-electron chi connectivity index (χ4n) is 3.11. The molecular weight excluding hydrogens is 372 g/mol. The normalized spacial score (nSPS) is 17.5. The molecule has 2 rings (SSSR count). The molecule has 1 N–H and O–H groups in total. The Balaban J connectivity index is 1.70. The molecular formula is C17H29BrN4S. The lowest BCUT2D eigenvalue weighted by Gasteiger charge is -2.31. The first-order valence-electron chi connectivity index (χ1n) is 8.50. The van der Waals surface area contributed by atoms with Crippen molar-refractivity contribution in [3.63, 3.8) is 0 Å². The molecule has 1 saturated heterocycles. The van der Waals surface area contributed by atoms with Gasteiger partial charge in [0.25, 0.3) is 0 Å². The summed E-state index contributed by atoms with van der Waals surface area (Å²) in [6.45, 7) is 7.90. The fourth-order valence-corrected chi connectivity index (χ4v) is 4.65. The Morgan fingerprint density at radius 2 is 2.17 bits per heavy atom. The van der Waals surface area contributed by atoms with E-state index >= 15 is 0 Å². The van der Waals surface area contributed by atoms with Crippen LogP contribution in [0.15, 0.2) is 20.9 Å². The van der Waals surface area contributed by atoms with E-state index in [-0.39, 0.29) is 0 Å². The average molecular weight is 401 g/mol. The second kappa shape index (κ2) is 9.64. The van der Waals surface area contributed by atoms with Crippen molar-refractivity contribution in [1.82, 2.24) is 15.1 Å². The highest BCUT2D eigenvalue weighted by atomic mass is 79.9. The van der Waals surface area contributed by atoms with Gasteiger partial charge in [0.15, 0.2) is 5.96 Å². The number of rotatable bonds is 6. The molecule has 1 aliphatic heterocycles. The molecule has 0 radical (unpaired) electrons. The Morgan fingerprint density at radius 1 is 1.43 bits per heavy atom. The maximum Gasteiger partial charge on any atom is 0.193 e. The van der Waals surface area contributed by atoms with Gasteiger partial charge in [-0.1, -0.05) is 6.92 Å². The molecule has 0 spiro atoms. The van der Waals surface area contributed by atoms with Gasteiger partial charge >= 0.3 is 0 Å². The van der Waals surface area contributed by atoms with Crippen LogP contribution in [0, 0.1) is 5.92 Å². The summed E-state index contributed by atoms with van der Waals surface area (Å²) in [5.74, 6) is 1.85. The topological polar surface area (TPSA) is 30.9 Å². The van der Waals surface area contributed by atoms with Crippen molar-refractivity contribution >= 4 is 33.2 Å². The number of hydrogen-bond donors (Lipinski definition) is 1. The summed E-state index contributed by atoms with van der Waals surface area (Å²) in [5.41, 5.74) is 0. The van der Waals surface area contributed by atoms with Crippen LogP contribution in [0.5, 0.6) is 0 Å². The van der Waals surface area contributed by atoms with Crippen molar-refractivity contribution in [3.8, 4) is 0 Å². The van der Waals surface area contributed by atoms with Crippen molar-refractivity contribution in [3.05, 3.63) is 20.8 Å².